The predicted molar refractivity (Wildman–Crippen MR) is 429 cm³/mol. The molecule has 21 heteroatoms. The molecule has 13 rings (SSSR count). The van der Waals surface area contributed by atoms with Gasteiger partial charge < -0.3 is 0 Å². The minimum atomic E-state index is -1.95. The van der Waals surface area contributed by atoms with Gasteiger partial charge >= 0.3 is 128 Å². The van der Waals surface area contributed by atoms with E-state index in [2.05, 4.69) is 190 Å². The molecule has 3 aromatic carbocycles. The number of carbonyl (C=O) groups is 4. The topological polar surface area (TPSA) is 74.8 Å². The fraction of sp³-hybridized carbons (Fsp3) is 0.366. The van der Waals surface area contributed by atoms with Crippen molar-refractivity contribution >= 4 is 262 Å². The Labute approximate surface area is 624 Å². The van der Waals surface area contributed by atoms with Gasteiger partial charge in [-0.1, -0.05) is 108 Å². The molecule has 4 amide bonds. The van der Waals surface area contributed by atoms with Gasteiger partial charge in [0.05, 0.1) is 45.4 Å². The fourth-order valence-electron chi connectivity index (χ4n) is 11.5. The summed E-state index contributed by atoms with van der Waals surface area (Å²) in [5, 5.41) is 7.53. The fourth-order valence-corrected chi connectivity index (χ4v) is 31.4. The van der Waals surface area contributed by atoms with E-state index in [1.54, 1.807) is 36.9 Å². The van der Waals surface area contributed by atoms with E-state index in [1.807, 2.05) is 72.1 Å². The molecule has 10 heterocycles. The van der Waals surface area contributed by atoms with Crippen LogP contribution in [0.15, 0.2) is 95.9 Å². The molecule has 3 aliphatic heterocycles. The van der Waals surface area contributed by atoms with Crippen LogP contribution in [0.3, 0.4) is 0 Å². The van der Waals surface area contributed by atoms with Crippen molar-refractivity contribution in [2.45, 2.75) is 157 Å². The zero-order valence-corrected chi connectivity index (χ0v) is 71.7. The van der Waals surface area contributed by atoms with Crippen LogP contribution in [0.25, 0.3) is 40.0 Å². The number of halogens is 6. The molecule has 488 valence electrons. The Hall–Kier alpha value is -1.67. The van der Waals surface area contributed by atoms with E-state index in [0.29, 0.717) is 35.3 Å². The van der Waals surface area contributed by atoms with Gasteiger partial charge in [0.25, 0.3) is 23.6 Å². The Morgan fingerprint density at radius 3 is 1.49 bits per heavy atom. The molecule has 0 spiro atoms. The Balaban J connectivity index is 0.000000157. The number of amides is 4. The maximum atomic E-state index is 13.6. The molecule has 3 aliphatic rings. The van der Waals surface area contributed by atoms with Gasteiger partial charge in [-0.15, -0.1) is 67.2 Å². The number of fused-ring (bicyclic) bond motifs is 6. The van der Waals surface area contributed by atoms with Gasteiger partial charge in [-0.25, -0.2) is 0 Å². The molecule has 92 heavy (non-hydrogen) atoms. The number of rotatable bonds is 17. The van der Waals surface area contributed by atoms with Crippen LogP contribution in [-0.4, -0.2) is 70.3 Å². The predicted octanol–water partition coefficient (Wildman–Crippen LogP) is 26.8. The third kappa shape index (κ3) is 17.1. The summed E-state index contributed by atoms with van der Waals surface area (Å²) in [5.41, 5.74) is 10.8. The second kappa shape index (κ2) is 33.5. The first-order chi connectivity index (χ1) is 43.8. The van der Waals surface area contributed by atoms with Gasteiger partial charge in [-0.2, -0.15) is 0 Å². The van der Waals surface area contributed by atoms with Crippen LogP contribution in [0.4, 0.5) is 0 Å². The maximum Gasteiger partial charge on any atom is 0.0405 e. The van der Waals surface area contributed by atoms with E-state index in [4.69, 9.17) is 11.6 Å². The third-order valence-electron chi connectivity index (χ3n) is 16.5. The van der Waals surface area contributed by atoms with Crippen molar-refractivity contribution in [1.29, 1.82) is 0 Å². The van der Waals surface area contributed by atoms with Crippen molar-refractivity contribution in [1.82, 2.24) is 9.80 Å². The molecule has 1 unspecified atom stereocenters. The Morgan fingerprint density at radius 2 is 0.978 bits per heavy atom. The van der Waals surface area contributed by atoms with Gasteiger partial charge in [0.15, 0.2) is 0 Å². The smallest absolute Gasteiger partial charge is 0.0405 e. The van der Waals surface area contributed by atoms with Crippen LogP contribution in [-0.2, 0) is 5.75 Å². The maximum absolute atomic E-state index is 13.6. The quantitative estimate of drug-likeness (QED) is 0.0394. The molecular weight excluding hydrogens is 1760 g/mol. The first kappa shape index (κ1) is 74.5. The van der Waals surface area contributed by atoms with E-state index >= 15 is 0 Å². The SMILES string of the molecule is Brc1ccc(Br)s1.CCCCCCCCN1C(=O)c2c(Br)sc(Br)c2C1=O.CCCCCCCCN1C(=O)c2c(C)sc(S3=Cc4c(c(C)c5cc(-c6ccc(Br)s6)sc5c4C)C3)c2C1=O.Cc1cc2c(C)c3s[c]([Sn]([CH3])([CH3])[CH3])cc3c(C)c2s1.Clc1ccccc1. The molecule has 10 aromatic rings. The summed E-state index contributed by atoms with van der Waals surface area (Å²) in [4.78, 5) is 66.9. The number of unbranched alkanes of at least 4 members (excludes halogenated alkanes) is 10. The summed E-state index contributed by atoms with van der Waals surface area (Å²) in [6.45, 7) is 18.8. The molecule has 0 saturated carbocycles. The number of benzene rings is 3. The van der Waals surface area contributed by atoms with Crippen molar-refractivity contribution in [3.05, 3.63) is 162 Å². The molecule has 0 bridgehead atoms. The van der Waals surface area contributed by atoms with Crippen molar-refractivity contribution in [3.63, 3.8) is 0 Å². The molecule has 0 fully saturated rings. The number of hydrogen-bond acceptors (Lipinski definition) is 11. The van der Waals surface area contributed by atoms with E-state index < -0.39 is 18.4 Å². The van der Waals surface area contributed by atoms with Crippen molar-refractivity contribution in [2.75, 3.05) is 13.1 Å². The summed E-state index contributed by atoms with van der Waals surface area (Å²) in [6.07, 6.45) is 13.7. The Kier molecular flexibility index (Phi) is 27.1. The summed E-state index contributed by atoms with van der Waals surface area (Å²) in [5.74, 6) is 0.448. The second-order valence-corrected chi connectivity index (χ2v) is 56.7. The molecule has 7 aromatic heterocycles. The molecule has 0 aliphatic carbocycles. The molecule has 6 nitrogen and oxygen atoms in total. The first-order valence-electron chi connectivity index (χ1n) is 31.1. The third-order valence-corrected chi connectivity index (χ3v) is 40.0. The molecule has 1 atom stereocenters. The van der Waals surface area contributed by atoms with Crippen LogP contribution in [0.2, 0.25) is 19.8 Å². The summed E-state index contributed by atoms with van der Waals surface area (Å²) in [6, 6.07) is 25.0. The van der Waals surface area contributed by atoms with Gasteiger partial charge in [0.2, 0.25) is 0 Å². The standard InChI is InChI=1S/C31H32BrNO2S4.C14H17Br2NO2S.C13H11S2.C6H5Cl.C4H2Br2S.3CH3.Sn/c1-5-6-7-8-9-10-13-33-29(34)26-19(4)36-31(27(26)30(33)35)39-15-21-17(2)20-14-24(23-11-12-25(32)37-23)38-28(20)18(3)22(21)16-39;1-2-3-4-5-6-7-8-17-13(18)9-10(14(17)19)12(16)20-11(9)15;1-7-6-11-9(3)12-10(4-5-14-12)8(2)13(11)15-7;7-6-4-2-1-3-5-6;5-3-1-2-4(6)7-3;;;;/h11-12,14,16H,5-10,13,15H2,1-4H3;2-8H2,1H3;4,6H,1-3H3;1-5H;1-2H;3*1H3;. The summed E-state index contributed by atoms with van der Waals surface area (Å²) in [7, 11) is -0.206. The molecule has 0 saturated heterocycles. The number of hydrogen-bond donors (Lipinski definition) is 0. The Bertz CT molecular complexity index is 4280. The van der Waals surface area contributed by atoms with Crippen LogP contribution >= 0.6 is 181 Å². The van der Waals surface area contributed by atoms with Gasteiger partial charge in [-0.3, -0.25) is 29.0 Å². The minimum absolute atomic E-state index is 0.0686. The number of aryl methyl sites for hydroxylation is 6. The van der Waals surface area contributed by atoms with Gasteiger partial charge in [0.1, 0.15) is 0 Å². The van der Waals surface area contributed by atoms with Crippen LogP contribution in [0.1, 0.15) is 175 Å². The zero-order chi connectivity index (χ0) is 66.5. The number of nitrogens with zero attached hydrogens (tertiary/aromatic N) is 2. The van der Waals surface area contributed by atoms with E-state index in [-0.39, 0.29) is 34.1 Å². The first-order valence-corrected chi connectivity index (χ1v) is 52.6. The largest absolute Gasteiger partial charge is 0.0843 e. The second-order valence-electron chi connectivity index (χ2n) is 24.2. The summed E-state index contributed by atoms with van der Waals surface area (Å²) >= 11 is 33.0. The van der Waals surface area contributed by atoms with E-state index in [0.717, 1.165) is 56.9 Å². The van der Waals surface area contributed by atoms with Crippen molar-refractivity contribution in [3.8, 4) is 9.75 Å². The van der Waals surface area contributed by atoms with E-state index in [9.17, 15) is 19.2 Å². The number of thiophene rings is 7. The van der Waals surface area contributed by atoms with Crippen molar-refractivity contribution < 1.29 is 19.2 Å². The average molecular weight is 1830 g/mol. The minimum Gasteiger partial charge on any atom is -0.0843 e. The molecule has 0 N–H and O–H groups in total. The Morgan fingerprint density at radius 1 is 0.489 bits per heavy atom. The van der Waals surface area contributed by atoms with Crippen LogP contribution in [0.5, 0.6) is 0 Å². The number of carbonyl (C=O) groups excluding carboxylic acids is 4. The average Bonchev–Trinajstić information content (AvgIpc) is 1.58. The summed E-state index contributed by atoms with van der Waals surface area (Å²) < 4.78 is 12.2. The molecule has 0 radical (unpaired) electrons. The van der Waals surface area contributed by atoms with Crippen LogP contribution < -0.4 is 2.89 Å². The van der Waals surface area contributed by atoms with Crippen molar-refractivity contribution in [2.24, 2.45) is 0 Å². The number of imide groups is 2. The van der Waals surface area contributed by atoms with Gasteiger partial charge in [0, 0.05) is 43.2 Å². The zero-order valence-electron chi connectivity index (χ0n) is 53.7. The van der Waals surface area contributed by atoms with E-state index in [1.165, 1.54) is 158 Å². The normalized spacial score (nSPS) is 14.1. The monoisotopic (exact) mass is 1830 g/mol. The van der Waals surface area contributed by atoms with Crippen LogP contribution in [0, 0.1) is 41.5 Å². The van der Waals surface area contributed by atoms with Gasteiger partial charge in [-0.05, 0) is 189 Å². The molecular formula is C71H76Br5ClN2O4S8Sn.